The maximum atomic E-state index is 6.79. The van der Waals surface area contributed by atoms with Gasteiger partial charge >= 0.3 is 0 Å². The number of anilines is 2. The quantitative estimate of drug-likeness (QED) is 0.158. The Morgan fingerprint density at radius 1 is 0.600 bits per heavy atom. The standard InChI is InChI=1S/C67H59NOS/c1-65(2,3)46-39-45(40-47(42-46)66(4,5)6)49-28-17-21-43-22-18-29-54(62(43)49)51-25-8-12-34-58(51)68(59-35-13-9-26-52(59)55-30-19-31-56-53-27-10-14-36-60(53)69-63(55)56)48-24-16-23-44(41-48)50-32-20-38-67(7)57-33-11-15-37-61(57)70-64(50)67/h8-33,35-37,39-42,58H,34,38H2,1-7H3. The summed E-state index contributed by atoms with van der Waals surface area (Å²) < 4.78 is 6.79. The van der Waals surface area contributed by atoms with Crippen LogP contribution in [0, 0.1) is 0 Å². The third-order valence-corrected chi connectivity index (χ3v) is 16.6. The van der Waals surface area contributed by atoms with Gasteiger partial charge in [-0.3, -0.25) is 0 Å². The van der Waals surface area contributed by atoms with Crippen LogP contribution in [0.2, 0.25) is 0 Å². The SMILES string of the molecule is CC(C)(C)c1cc(-c2cccc3cccc(C4=CC=CCC4N(c4cccc(C5=C6Sc7ccccc7C6(C)CC=C5)c4)c4ccccc4-c4cccc5c4oc4ccccc45)c23)cc(C(C)(C)C)c1. The summed E-state index contributed by atoms with van der Waals surface area (Å²) in [6.45, 7) is 16.4. The van der Waals surface area contributed by atoms with E-state index in [9.17, 15) is 0 Å². The van der Waals surface area contributed by atoms with Gasteiger partial charge in [-0.1, -0.05) is 230 Å². The van der Waals surface area contributed by atoms with Gasteiger partial charge in [-0.25, -0.2) is 0 Å². The molecule has 0 saturated heterocycles. The maximum Gasteiger partial charge on any atom is 0.143 e. The van der Waals surface area contributed by atoms with E-state index in [1.54, 1.807) is 0 Å². The molecule has 1 aliphatic heterocycles. The van der Waals surface area contributed by atoms with Gasteiger partial charge in [0.15, 0.2) is 0 Å². The minimum absolute atomic E-state index is 0.0103. The number of allylic oxidation sites excluding steroid dienone is 6. The largest absolute Gasteiger partial charge is 0.455 e. The second-order valence-electron chi connectivity index (χ2n) is 21.8. The molecule has 3 aliphatic rings. The number of hydrogen-bond acceptors (Lipinski definition) is 3. The molecule has 12 rings (SSSR count). The molecule has 2 unspecified atom stereocenters. The van der Waals surface area contributed by atoms with E-state index >= 15 is 0 Å². The normalized spacial score (nSPS) is 17.9. The summed E-state index contributed by atoms with van der Waals surface area (Å²) in [6.07, 6.45) is 13.6. The highest BCUT2D eigenvalue weighted by Gasteiger charge is 2.42. The lowest BCUT2D eigenvalue weighted by Crippen LogP contribution is -2.33. The lowest BCUT2D eigenvalue weighted by molar-refractivity contribution is 0.569. The zero-order chi connectivity index (χ0) is 47.9. The Kier molecular flexibility index (Phi) is 10.6. The monoisotopic (exact) mass is 925 g/mol. The van der Waals surface area contributed by atoms with E-state index in [1.807, 2.05) is 11.8 Å². The first-order valence-electron chi connectivity index (χ1n) is 25.0. The van der Waals surface area contributed by atoms with E-state index in [2.05, 4.69) is 254 Å². The fourth-order valence-electron chi connectivity index (χ4n) is 11.4. The lowest BCUT2D eigenvalue weighted by atomic mass is 9.74. The molecule has 2 heterocycles. The van der Waals surface area contributed by atoms with Crippen LogP contribution in [0.4, 0.5) is 11.4 Å². The van der Waals surface area contributed by atoms with E-state index in [-0.39, 0.29) is 22.3 Å². The molecule has 8 aromatic carbocycles. The minimum atomic E-state index is -0.0604. The van der Waals surface area contributed by atoms with E-state index in [0.29, 0.717) is 0 Å². The molecule has 2 aliphatic carbocycles. The van der Waals surface area contributed by atoms with Gasteiger partial charge in [0, 0.05) is 48.5 Å². The lowest BCUT2D eigenvalue weighted by Gasteiger charge is -2.38. The molecule has 2 nitrogen and oxygen atoms in total. The first-order chi connectivity index (χ1) is 33.8. The molecule has 2 atom stereocenters. The fraction of sp³-hybridized carbons (Fsp3) is 0.194. The van der Waals surface area contributed by atoms with E-state index in [0.717, 1.165) is 57.3 Å². The summed E-state index contributed by atoms with van der Waals surface area (Å²) in [5.41, 5.74) is 18.0. The van der Waals surface area contributed by atoms with Gasteiger partial charge in [0.2, 0.25) is 0 Å². The van der Waals surface area contributed by atoms with Gasteiger partial charge in [0.1, 0.15) is 11.2 Å². The molecular weight excluding hydrogens is 867 g/mol. The van der Waals surface area contributed by atoms with Crippen molar-refractivity contribution >= 4 is 67.0 Å². The molecule has 0 fully saturated rings. The number of para-hydroxylation sites is 3. The molecule has 9 aromatic rings. The first-order valence-corrected chi connectivity index (χ1v) is 25.8. The van der Waals surface area contributed by atoms with E-state index < -0.39 is 0 Å². The summed E-state index contributed by atoms with van der Waals surface area (Å²) >= 11 is 1.95. The summed E-state index contributed by atoms with van der Waals surface area (Å²) in [7, 11) is 0. The highest BCUT2D eigenvalue weighted by atomic mass is 32.2. The number of fused-ring (bicyclic) bond motifs is 7. The molecule has 0 saturated carbocycles. The van der Waals surface area contributed by atoms with Crippen LogP contribution in [0.3, 0.4) is 0 Å². The van der Waals surface area contributed by atoms with Crippen molar-refractivity contribution in [3.8, 4) is 22.3 Å². The number of thioether (sulfide) groups is 1. The molecular formula is C67H59NOS. The second-order valence-corrected chi connectivity index (χ2v) is 22.9. The highest BCUT2D eigenvalue weighted by molar-refractivity contribution is 8.03. The summed E-state index contributed by atoms with van der Waals surface area (Å²) in [4.78, 5) is 5.44. The molecule has 0 radical (unpaired) electrons. The number of benzene rings is 8. The maximum absolute atomic E-state index is 6.79. The van der Waals surface area contributed by atoms with Crippen molar-refractivity contribution in [1.82, 2.24) is 0 Å². The summed E-state index contributed by atoms with van der Waals surface area (Å²) in [5.74, 6) is 0. The van der Waals surface area contributed by atoms with Crippen molar-refractivity contribution < 1.29 is 4.42 Å². The molecule has 0 spiro atoms. The van der Waals surface area contributed by atoms with Crippen LogP contribution in [0.5, 0.6) is 0 Å². The Morgan fingerprint density at radius 2 is 1.27 bits per heavy atom. The van der Waals surface area contributed by atoms with Gasteiger partial charge in [0.05, 0.1) is 6.04 Å². The summed E-state index contributed by atoms with van der Waals surface area (Å²) in [6, 6.07) is 63.4. The number of nitrogens with zero attached hydrogens (tertiary/aromatic N) is 1. The van der Waals surface area contributed by atoms with Crippen molar-refractivity contribution in [2.45, 2.75) is 88.5 Å². The summed E-state index contributed by atoms with van der Waals surface area (Å²) in [5, 5.41) is 4.78. The van der Waals surface area contributed by atoms with E-state index in [4.69, 9.17) is 4.42 Å². The zero-order valence-electron chi connectivity index (χ0n) is 41.3. The smallest absolute Gasteiger partial charge is 0.143 e. The third-order valence-electron chi connectivity index (χ3n) is 15.2. The highest BCUT2D eigenvalue weighted by Crippen LogP contribution is 2.59. The van der Waals surface area contributed by atoms with Crippen molar-refractivity contribution in [3.05, 3.63) is 233 Å². The van der Waals surface area contributed by atoms with Crippen molar-refractivity contribution in [2.75, 3.05) is 4.90 Å². The van der Waals surface area contributed by atoms with Crippen LogP contribution in [0.1, 0.15) is 89.1 Å². The fourth-order valence-corrected chi connectivity index (χ4v) is 12.9. The molecule has 0 amide bonds. The third kappa shape index (κ3) is 7.40. The molecule has 1 aromatic heterocycles. The average molecular weight is 926 g/mol. The van der Waals surface area contributed by atoms with E-state index in [1.165, 1.54) is 70.7 Å². The van der Waals surface area contributed by atoms with Gasteiger partial charge < -0.3 is 9.32 Å². The van der Waals surface area contributed by atoms with Gasteiger partial charge in [-0.2, -0.15) is 0 Å². The topological polar surface area (TPSA) is 16.4 Å². The Hall–Kier alpha value is -7.07. The van der Waals surface area contributed by atoms with Crippen LogP contribution in [-0.2, 0) is 16.2 Å². The molecule has 0 bridgehead atoms. The minimum Gasteiger partial charge on any atom is -0.455 e. The van der Waals surface area contributed by atoms with Crippen LogP contribution < -0.4 is 4.90 Å². The second kappa shape index (κ2) is 16.8. The number of rotatable bonds is 7. The van der Waals surface area contributed by atoms with Crippen molar-refractivity contribution in [3.63, 3.8) is 0 Å². The van der Waals surface area contributed by atoms with Crippen molar-refractivity contribution in [2.24, 2.45) is 0 Å². The Labute approximate surface area is 417 Å². The Balaban J connectivity index is 1.08. The Morgan fingerprint density at radius 3 is 2.09 bits per heavy atom. The Bertz CT molecular complexity index is 3660. The van der Waals surface area contributed by atoms with Crippen LogP contribution in [-0.4, -0.2) is 6.04 Å². The zero-order valence-corrected chi connectivity index (χ0v) is 42.1. The van der Waals surface area contributed by atoms with Gasteiger partial charge in [0.25, 0.3) is 0 Å². The predicted octanol–water partition coefficient (Wildman–Crippen LogP) is 19.0. The average Bonchev–Trinajstić information content (AvgIpc) is 3.91. The molecule has 0 N–H and O–H groups in total. The van der Waals surface area contributed by atoms with Gasteiger partial charge in [-0.05, 0) is 115 Å². The van der Waals surface area contributed by atoms with Crippen LogP contribution in [0.25, 0.3) is 66.1 Å². The van der Waals surface area contributed by atoms with Gasteiger partial charge in [-0.15, -0.1) is 0 Å². The number of furan rings is 1. The molecule has 344 valence electrons. The van der Waals surface area contributed by atoms with Crippen LogP contribution >= 0.6 is 11.8 Å². The van der Waals surface area contributed by atoms with Crippen molar-refractivity contribution in [1.29, 1.82) is 0 Å². The molecule has 3 heteroatoms. The first kappa shape index (κ1) is 44.2. The predicted molar refractivity (Wildman–Crippen MR) is 300 cm³/mol. The number of hydrogen-bond donors (Lipinski definition) is 0. The van der Waals surface area contributed by atoms with Crippen LogP contribution in [0.15, 0.2) is 214 Å². The molecule has 70 heavy (non-hydrogen) atoms.